The number of allylic oxidation sites excluding steroid dienone is 3. The number of imidazole rings is 1. The molecule has 2 rings (SSSR count). The van der Waals surface area contributed by atoms with Crippen LogP contribution in [0.3, 0.4) is 0 Å². The van der Waals surface area contributed by atoms with Gasteiger partial charge in [-0.25, -0.2) is 4.79 Å². The van der Waals surface area contributed by atoms with Crippen LogP contribution in [0.1, 0.15) is 18.2 Å². The van der Waals surface area contributed by atoms with E-state index in [0.29, 0.717) is 0 Å². The average Bonchev–Trinajstić information content (AvgIpc) is 2.73. The van der Waals surface area contributed by atoms with Crippen LogP contribution in [0.15, 0.2) is 47.8 Å². The molecule has 0 spiro atoms. The van der Waals surface area contributed by atoms with Crippen LogP contribution < -0.4 is 5.69 Å². The summed E-state index contributed by atoms with van der Waals surface area (Å²) in [7, 11) is 0. The molecule has 0 aliphatic heterocycles. The van der Waals surface area contributed by atoms with Crippen molar-refractivity contribution in [3.8, 4) is 11.3 Å². The summed E-state index contributed by atoms with van der Waals surface area (Å²) < 4.78 is 0. The molecule has 0 saturated carbocycles. The lowest BCUT2D eigenvalue weighted by molar-refractivity contribution is 1.18. The lowest BCUT2D eigenvalue weighted by atomic mass is 10.0. The maximum Gasteiger partial charge on any atom is 0.323 e. The maximum atomic E-state index is 11.5. The Morgan fingerprint density at radius 2 is 1.89 bits per heavy atom. The van der Waals surface area contributed by atoms with Crippen molar-refractivity contribution in [3.05, 3.63) is 64.7 Å². The normalized spacial score (nSPS) is 11.6. The molecule has 1 aromatic carbocycles. The molecule has 0 unspecified atom stereocenters. The van der Waals surface area contributed by atoms with Gasteiger partial charge in [-0.1, -0.05) is 48.6 Å². The summed E-state index contributed by atoms with van der Waals surface area (Å²) in [4.78, 5) is 17.1. The van der Waals surface area contributed by atoms with Crippen LogP contribution in [0.4, 0.5) is 0 Å². The van der Waals surface area contributed by atoms with Crippen LogP contribution >= 0.6 is 0 Å². The summed E-state index contributed by atoms with van der Waals surface area (Å²) in [5, 5.41) is 0. The molecule has 0 amide bonds. The molecule has 3 heteroatoms. The lowest BCUT2D eigenvalue weighted by Crippen LogP contribution is -2.00. The van der Waals surface area contributed by atoms with Crippen molar-refractivity contribution in [2.24, 2.45) is 0 Å². The van der Waals surface area contributed by atoms with Crippen LogP contribution in [-0.2, 0) is 0 Å². The Kier molecular flexibility index (Phi) is 3.33. The zero-order chi connectivity index (χ0) is 13.1. The Morgan fingerprint density at radius 1 is 1.22 bits per heavy atom. The number of benzene rings is 1. The van der Waals surface area contributed by atoms with Gasteiger partial charge in [0.2, 0.25) is 0 Å². The van der Waals surface area contributed by atoms with Crippen LogP contribution in [0.5, 0.6) is 0 Å². The second-order valence-electron chi connectivity index (χ2n) is 4.28. The molecular formula is C15H16N2O. The molecule has 0 radical (unpaired) electrons. The van der Waals surface area contributed by atoms with Crippen LogP contribution in [0, 0.1) is 6.92 Å². The minimum Gasteiger partial charge on any atom is -0.305 e. The molecule has 0 bridgehead atoms. The molecular weight excluding hydrogens is 224 g/mol. The first-order valence-electron chi connectivity index (χ1n) is 5.81. The highest BCUT2D eigenvalue weighted by molar-refractivity contribution is 5.76. The molecule has 18 heavy (non-hydrogen) atoms. The van der Waals surface area contributed by atoms with Crippen molar-refractivity contribution < 1.29 is 0 Å². The molecule has 0 fully saturated rings. The number of aromatic nitrogens is 2. The third kappa shape index (κ3) is 2.35. The van der Waals surface area contributed by atoms with E-state index in [2.05, 4.69) is 16.5 Å². The van der Waals surface area contributed by atoms with Gasteiger partial charge in [0.05, 0.1) is 11.4 Å². The first kappa shape index (κ1) is 12.2. The van der Waals surface area contributed by atoms with Crippen molar-refractivity contribution in [3.63, 3.8) is 0 Å². The summed E-state index contributed by atoms with van der Waals surface area (Å²) in [6.07, 6.45) is 3.58. The smallest absolute Gasteiger partial charge is 0.305 e. The Hall–Kier alpha value is -2.29. The average molecular weight is 240 g/mol. The third-order valence-electron chi connectivity index (χ3n) is 2.83. The molecule has 3 nitrogen and oxygen atoms in total. The molecule has 0 aliphatic carbocycles. The Balaban J connectivity index is 2.57. The number of nitrogens with one attached hydrogen (secondary N) is 2. The number of hydrogen-bond donors (Lipinski definition) is 2. The first-order chi connectivity index (χ1) is 8.61. The van der Waals surface area contributed by atoms with E-state index in [1.165, 1.54) is 5.56 Å². The van der Waals surface area contributed by atoms with E-state index in [1.54, 1.807) is 6.08 Å². The Morgan fingerprint density at radius 3 is 2.50 bits per heavy atom. The van der Waals surface area contributed by atoms with Gasteiger partial charge >= 0.3 is 5.69 Å². The van der Waals surface area contributed by atoms with Crippen molar-refractivity contribution in [1.29, 1.82) is 0 Å². The molecule has 1 heterocycles. The van der Waals surface area contributed by atoms with Crippen molar-refractivity contribution in [2.45, 2.75) is 13.8 Å². The zero-order valence-electron chi connectivity index (χ0n) is 10.6. The summed E-state index contributed by atoms with van der Waals surface area (Å²) in [5.41, 5.74) is 4.58. The Bertz CT molecular complexity index is 642. The number of hydrogen-bond acceptors (Lipinski definition) is 1. The molecule has 0 aliphatic rings. The van der Waals surface area contributed by atoms with E-state index < -0.39 is 0 Å². The largest absolute Gasteiger partial charge is 0.323 e. The fourth-order valence-electron chi connectivity index (χ4n) is 1.88. The molecule has 92 valence electrons. The van der Waals surface area contributed by atoms with E-state index in [0.717, 1.165) is 22.5 Å². The third-order valence-corrected chi connectivity index (χ3v) is 2.83. The molecule has 2 aromatic rings. The van der Waals surface area contributed by atoms with Gasteiger partial charge in [-0.3, -0.25) is 0 Å². The van der Waals surface area contributed by atoms with Crippen LogP contribution in [-0.4, -0.2) is 9.97 Å². The van der Waals surface area contributed by atoms with Gasteiger partial charge in [-0.05, 0) is 19.4 Å². The van der Waals surface area contributed by atoms with Crippen molar-refractivity contribution >= 4 is 5.57 Å². The van der Waals surface area contributed by atoms with Gasteiger partial charge in [0, 0.05) is 5.56 Å². The van der Waals surface area contributed by atoms with Gasteiger partial charge < -0.3 is 9.97 Å². The fourth-order valence-corrected chi connectivity index (χ4v) is 1.88. The van der Waals surface area contributed by atoms with Gasteiger partial charge in [0.25, 0.3) is 0 Å². The van der Waals surface area contributed by atoms with E-state index in [4.69, 9.17) is 0 Å². The van der Waals surface area contributed by atoms with Gasteiger partial charge in [0.1, 0.15) is 0 Å². The predicted molar refractivity (Wildman–Crippen MR) is 75.4 cm³/mol. The van der Waals surface area contributed by atoms with Gasteiger partial charge in [-0.2, -0.15) is 0 Å². The molecule has 1 aromatic heterocycles. The maximum absolute atomic E-state index is 11.5. The summed E-state index contributed by atoms with van der Waals surface area (Å²) >= 11 is 0. The van der Waals surface area contributed by atoms with Crippen molar-refractivity contribution in [2.75, 3.05) is 0 Å². The second kappa shape index (κ2) is 4.92. The fraction of sp³-hybridized carbons (Fsp3) is 0.133. The highest BCUT2D eigenvalue weighted by Crippen LogP contribution is 2.24. The van der Waals surface area contributed by atoms with Crippen LogP contribution in [0.25, 0.3) is 16.8 Å². The minimum absolute atomic E-state index is 0.197. The van der Waals surface area contributed by atoms with Crippen LogP contribution in [0.2, 0.25) is 0 Å². The zero-order valence-corrected chi connectivity index (χ0v) is 10.6. The minimum atomic E-state index is -0.197. The summed E-state index contributed by atoms with van der Waals surface area (Å²) in [6, 6.07) is 8.05. The summed E-state index contributed by atoms with van der Waals surface area (Å²) in [6.45, 7) is 7.65. The summed E-state index contributed by atoms with van der Waals surface area (Å²) in [5.74, 6) is 0. The number of aromatic amines is 2. The first-order valence-corrected chi connectivity index (χ1v) is 5.81. The number of rotatable bonds is 3. The van der Waals surface area contributed by atoms with E-state index in [-0.39, 0.29) is 5.69 Å². The standard InChI is InChI=1S/C15H16N2O/c1-4-5-11(3)13-14(17-15(18)16-13)12-8-6-10(2)7-9-12/h4-9H,1H2,2-3H3,(H2,16,17,18)/b11-5+. The monoisotopic (exact) mass is 240 g/mol. The second-order valence-corrected chi connectivity index (χ2v) is 4.28. The highest BCUT2D eigenvalue weighted by atomic mass is 16.1. The number of H-pyrrole nitrogens is 2. The highest BCUT2D eigenvalue weighted by Gasteiger charge is 2.10. The van der Waals surface area contributed by atoms with E-state index in [9.17, 15) is 4.79 Å². The molecule has 0 atom stereocenters. The quantitative estimate of drug-likeness (QED) is 0.795. The lowest BCUT2D eigenvalue weighted by Gasteiger charge is -2.04. The predicted octanol–water partition coefficient (Wildman–Crippen LogP) is 3.27. The van der Waals surface area contributed by atoms with E-state index >= 15 is 0 Å². The molecule has 0 saturated heterocycles. The SMILES string of the molecule is C=C/C=C(\C)c1[nH]c(=O)[nH]c1-c1ccc(C)cc1. The van der Waals surface area contributed by atoms with Crippen molar-refractivity contribution in [1.82, 2.24) is 9.97 Å². The molecule has 2 N–H and O–H groups in total. The van der Waals surface area contributed by atoms with E-state index in [1.807, 2.05) is 44.2 Å². The van der Waals surface area contributed by atoms with Gasteiger partial charge in [-0.15, -0.1) is 0 Å². The number of aryl methyl sites for hydroxylation is 1. The Labute approximate surface area is 106 Å². The van der Waals surface area contributed by atoms with Gasteiger partial charge in [0.15, 0.2) is 0 Å². The topological polar surface area (TPSA) is 48.6 Å².